The van der Waals surface area contributed by atoms with E-state index in [9.17, 15) is 0 Å². The summed E-state index contributed by atoms with van der Waals surface area (Å²) in [6.07, 6.45) is 0.886. The van der Waals surface area contributed by atoms with E-state index in [-0.39, 0.29) is 6.04 Å². The first-order valence-corrected chi connectivity index (χ1v) is 7.82. The van der Waals surface area contributed by atoms with E-state index < -0.39 is 0 Å². The fraction of sp³-hybridized carbons (Fsp3) is 0.333. The highest BCUT2D eigenvalue weighted by Gasteiger charge is 2.12. The summed E-state index contributed by atoms with van der Waals surface area (Å²) in [5, 5.41) is 2.07. The predicted octanol–water partition coefficient (Wildman–Crippen LogP) is 4.88. The van der Waals surface area contributed by atoms with Crippen molar-refractivity contribution in [2.45, 2.75) is 32.2 Å². The van der Waals surface area contributed by atoms with Gasteiger partial charge in [-0.1, -0.05) is 38.1 Å². The van der Waals surface area contributed by atoms with Crippen LogP contribution in [0.4, 0.5) is 0 Å². The molecule has 0 saturated carbocycles. The molecule has 1 heterocycles. The highest BCUT2D eigenvalue weighted by Crippen LogP contribution is 2.29. The molecule has 96 valence electrons. The third-order valence-electron chi connectivity index (χ3n) is 3.08. The SMILES string of the molecule is CC(C)c1ccc(CC(N)c2sccc2Br)cc1. The molecule has 2 N–H and O–H groups in total. The molecule has 1 aromatic heterocycles. The molecule has 0 fully saturated rings. The van der Waals surface area contributed by atoms with Crippen LogP contribution in [0.15, 0.2) is 40.2 Å². The first kappa shape index (κ1) is 13.8. The number of benzene rings is 1. The smallest absolute Gasteiger partial charge is 0.0442 e. The van der Waals surface area contributed by atoms with Gasteiger partial charge in [0.05, 0.1) is 0 Å². The summed E-state index contributed by atoms with van der Waals surface area (Å²) in [5.74, 6) is 0.583. The Hall–Kier alpha value is -0.640. The molecule has 0 aliphatic rings. The lowest BCUT2D eigenvalue weighted by molar-refractivity contribution is 0.732. The van der Waals surface area contributed by atoms with Crippen molar-refractivity contribution in [3.05, 3.63) is 56.2 Å². The Bertz CT molecular complexity index is 501. The molecule has 1 atom stereocenters. The molecule has 0 amide bonds. The van der Waals surface area contributed by atoms with E-state index in [1.54, 1.807) is 11.3 Å². The molecule has 2 rings (SSSR count). The van der Waals surface area contributed by atoms with Gasteiger partial charge in [-0.25, -0.2) is 0 Å². The van der Waals surface area contributed by atoms with Crippen molar-refractivity contribution in [2.24, 2.45) is 5.73 Å². The maximum atomic E-state index is 6.25. The Morgan fingerprint density at radius 1 is 1.17 bits per heavy atom. The maximum Gasteiger partial charge on any atom is 0.0442 e. The van der Waals surface area contributed by atoms with Crippen LogP contribution in [0.25, 0.3) is 0 Å². The van der Waals surface area contributed by atoms with Gasteiger partial charge in [-0.2, -0.15) is 0 Å². The van der Waals surface area contributed by atoms with Gasteiger partial charge in [0.1, 0.15) is 0 Å². The maximum absolute atomic E-state index is 6.25. The van der Waals surface area contributed by atoms with Crippen molar-refractivity contribution >= 4 is 27.3 Å². The Kier molecular flexibility index (Phi) is 4.60. The van der Waals surface area contributed by atoms with Gasteiger partial charge >= 0.3 is 0 Å². The summed E-state index contributed by atoms with van der Waals surface area (Å²) in [4.78, 5) is 1.22. The van der Waals surface area contributed by atoms with Crippen LogP contribution in [0.5, 0.6) is 0 Å². The fourth-order valence-electron chi connectivity index (χ4n) is 1.96. The number of nitrogens with two attached hydrogens (primary N) is 1. The molecule has 18 heavy (non-hydrogen) atoms. The van der Waals surface area contributed by atoms with Crippen LogP contribution >= 0.6 is 27.3 Å². The van der Waals surface area contributed by atoms with Gasteiger partial charge < -0.3 is 5.73 Å². The number of rotatable bonds is 4. The van der Waals surface area contributed by atoms with Crippen molar-refractivity contribution in [3.8, 4) is 0 Å². The molecule has 0 aliphatic carbocycles. The van der Waals surface area contributed by atoms with Crippen LogP contribution < -0.4 is 5.73 Å². The highest BCUT2D eigenvalue weighted by molar-refractivity contribution is 9.10. The van der Waals surface area contributed by atoms with E-state index in [4.69, 9.17) is 5.73 Å². The standard InChI is InChI=1S/C15H18BrNS/c1-10(2)12-5-3-11(4-6-12)9-14(17)15-13(16)7-8-18-15/h3-8,10,14H,9,17H2,1-2H3. The van der Waals surface area contributed by atoms with E-state index in [1.165, 1.54) is 16.0 Å². The summed E-state index contributed by atoms with van der Waals surface area (Å²) < 4.78 is 1.12. The zero-order chi connectivity index (χ0) is 13.1. The van der Waals surface area contributed by atoms with Crippen LogP contribution in [0.2, 0.25) is 0 Å². The van der Waals surface area contributed by atoms with Crippen molar-refractivity contribution in [3.63, 3.8) is 0 Å². The van der Waals surface area contributed by atoms with Gasteiger partial charge in [0.15, 0.2) is 0 Å². The van der Waals surface area contributed by atoms with Crippen LogP contribution in [0.3, 0.4) is 0 Å². The summed E-state index contributed by atoms with van der Waals surface area (Å²) >= 11 is 5.25. The minimum atomic E-state index is 0.0734. The molecule has 0 spiro atoms. The minimum Gasteiger partial charge on any atom is -0.323 e. The molecule has 0 saturated heterocycles. The van der Waals surface area contributed by atoms with Gasteiger partial charge in [0.25, 0.3) is 0 Å². The second-order valence-corrected chi connectivity index (χ2v) is 6.64. The topological polar surface area (TPSA) is 26.0 Å². The normalized spacial score (nSPS) is 12.9. The number of halogens is 1. The van der Waals surface area contributed by atoms with Crippen LogP contribution in [-0.2, 0) is 6.42 Å². The quantitative estimate of drug-likeness (QED) is 0.852. The van der Waals surface area contributed by atoms with Gasteiger partial charge in [-0.15, -0.1) is 11.3 Å². The number of hydrogen-bond donors (Lipinski definition) is 1. The van der Waals surface area contributed by atoms with Crippen molar-refractivity contribution < 1.29 is 0 Å². The first-order valence-electron chi connectivity index (χ1n) is 6.15. The molecule has 0 aliphatic heterocycles. The van der Waals surface area contributed by atoms with Crippen LogP contribution in [-0.4, -0.2) is 0 Å². The molecular formula is C15H18BrNS. The van der Waals surface area contributed by atoms with E-state index in [2.05, 4.69) is 65.5 Å². The average molecular weight is 324 g/mol. The van der Waals surface area contributed by atoms with E-state index >= 15 is 0 Å². The molecule has 3 heteroatoms. The number of hydrogen-bond acceptors (Lipinski definition) is 2. The van der Waals surface area contributed by atoms with E-state index in [0.717, 1.165) is 10.9 Å². The highest BCUT2D eigenvalue weighted by atomic mass is 79.9. The zero-order valence-corrected chi connectivity index (χ0v) is 13.1. The summed E-state index contributed by atoms with van der Waals surface area (Å²) in [6.45, 7) is 4.42. The lowest BCUT2D eigenvalue weighted by Crippen LogP contribution is -2.12. The molecular weight excluding hydrogens is 306 g/mol. The summed E-state index contributed by atoms with van der Waals surface area (Å²) in [6, 6.07) is 10.9. The third-order valence-corrected chi connectivity index (χ3v) is 5.09. The van der Waals surface area contributed by atoms with E-state index in [1.807, 2.05) is 0 Å². The molecule has 2 aromatic rings. The lowest BCUT2D eigenvalue weighted by atomic mass is 9.99. The Morgan fingerprint density at radius 3 is 2.33 bits per heavy atom. The summed E-state index contributed by atoms with van der Waals surface area (Å²) in [5.41, 5.74) is 8.93. The fourth-order valence-corrected chi connectivity index (χ4v) is 3.63. The largest absolute Gasteiger partial charge is 0.323 e. The molecule has 1 unspecified atom stereocenters. The van der Waals surface area contributed by atoms with Gasteiger partial charge in [0.2, 0.25) is 0 Å². The first-order chi connectivity index (χ1) is 8.58. The van der Waals surface area contributed by atoms with Gasteiger partial charge in [-0.05, 0) is 50.8 Å². The third kappa shape index (κ3) is 3.22. The second-order valence-electron chi connectivity index (χ2n) is 4.84. The van der Waals surface area contributed by atoms with Gasteiger partial charge in [-0.3, -0.25) is 0 Å². The Morgan fingerprint density at radius 2 is 1.83 bits per heavy atom. The minimum absolute atomic E-state index is 0.0734. The Balaban J connectivity index is 2.08. The van der Waals surface area contributed by atoms with Crippen molar-refractivity contribution in [2.75, 3.05) is 0 Å². The Labute approximate surface area is 121 Å². The molecule has 1 nitrogen and oxygen atoms in total. The second kappa shape index (κ2) is 6.00. The predicted molar refractivity (Wildman–Crippen MR) is 83.2 cm³/mol. The van der Waals surface area contributed by atoms with Crippen molar-refractivity contribution in [1.82, 2.24) is 0 Å². The lowest BCUT2D eigenvalue weighted by Gasteiger charge is -2.12. The molecule has 0 radical (unpaired) electrons. The van der Waals surface area contributed by atoms with E-state index in [0.29, 0.717) is 5.92 Å². The summed E-state index contributed by atoms with van der Waals surface area (Å²) in [7, 11) is 0. The van der Waals surface area contributed by atoms with Crippen LogP contribution in [0.1, 0.15) is 41.8 Å². The molecule has 1 aromatic carbocycles. The number of thiophene rings is 1. The van der Waals surface area contributed by atoms with Crippen molar-refractivity contribution in [1.29, 1.82) is 0 Å². The van der Waals surface area contributed by atoms with Gasteiger partial charge in [0, 0.05) is 15.4 Å². The van der Waals surface area contributed by atoms with Crippen LogP contribution in [0, 0.1) is 0 Å². The monoisotopic (exact) mass is 323 g/mol. The zero-order valence-electron chi connectivity index (χ0n) is 10.7. The average Bonchev–Trinajstić information content (AvgIpc) is 2.76. The molecule has 0 bridgehead atoms.